The van der Waals surface area contributed by atoms with Crippen molar-refractivity contribution in [2.75, 3.05) is 0 Å². The van der Waals surface area contributed by atoms with Crippen LogP contribution in [0.4, 0.5) is 13.2 Å². The standard InChI is InChI=1S/C8H17F3NO3P/c1-5(2)14-16(13,15-6(3)4)7(12)8(9,10)11/h5-7H,12H2,1-4H3/t7-/m0/s1. The van der Waals surface area contributed by atoms with Gasteiger partial charge < -0.3 is 14.8 Å². The minimum Gasteiger partial charge on any atom is -0.310 e. The Hall–Kier alpha value is -0.100. The largest absolute Gasteiger partial charge is 0.415 e. The maximum atomic E-state index is 12.4. The van der Waals surface area contributed by atoms with Crippen LogP contribution in [-0.2, 0) is 13.6 Å². The van der Waals surface area contributed by atoms with Crippen molar-refractivity contribution in [2.45, 2.75) is 51.9 Å². The van der Waals surface area contributed by atoms with Gasteiger partial charge in [0.25, 0.3) is 0 Å². The monoisotopic (exact) mass is 263 g/mol. The van der Waals surface area contributed by atoms with E-state index in [9.17, 15) is 17.7 Å². The first-order valence-corrected chi connectivity index (χ1v) is 6.39. The highest BCUT2D eigenvalue weighted by Crippen LogP contribution is 2.57. The molecule has 0 unspecified atom stereocenters. The summed E-state index contributed by atoms with van der Waals surface area (Å²) in [5.74, 6) is -2.62. The predicted molar refractivity (Wildman–Crippen MR) is 54.1 cm³/mol. The Morgan fingerprint density at radius 1 is 1.06 bits per heavy atom. The molecule has 8 heteroatoms. The van der Waals surface area contributed by atoms with Crippen molar-refractivity contribution >= 4 is 7.60 Å². The van der Waals surface area contributed by atoms with Crippen LogP contribution in [0, 0.1) is 0 Å². The summed E-state index contributed by atoms with van der Waals surface area (Å²) in [7, 11) is -4.39. The van der Waals surface area contributed by atoms with E-state index in [1.165, 1.54) is 27.7 Å². The van der Waals surface area contributed by atoms with E-state index in [4.69, 9.17) is 14.8 Å². The topological polar surface area (TPSA) is 61.5 Å². The zero-order valence-electron chi connectivity index (χ0n) is 9.62. The maximum Gasteiger partial charge on any atom is 0.415 e. The fourth-order valence-electron chi connectivity index (χ4n) is 0.923. The van der Waals surface area contributed by atoms with Gasteiger partial charge in [0.1, 0.15) is 0 Å². The summed E-state index contributed by atoms with van der Waals surface area (Å²) < 4.78 is 58.5. The molecule has 2 N–H and O–H groups in total. The third-order valence-corrected chi connectivity index (χ3v) is 3.80. The SMILES string of the molecule is CC(C)OP(=O)(OC(C)C)[C@H](N)C(F)(F)F. The third kappa shape index (κ3) is 4.82. The van der Waals surface area contributed by atoms with Crippen molar-refractivity contribution in [2.24, 2.45) is 5.73 Å². The van der Waals surface area contributed by atoms with E-state index in [0.717, 1.165) is 0 Å². The van der Waals surface area contributed by atoms with Gasteiger partial charge in [-0.2, -0.15) is 13.2 Å². The molecule has 98 valence electrons. The average molecular weight is 263 g/mol. The lowest BCUT2D eigenvalue weighted by molar-refractivity contribution is -0.135. The molecule has 1 atom stereocenters. The van der Waals surface area contributed by atoms with E-state index in [1.54, 1.807) is 0 Å². The van der Waals surface area contributed by atoms with Gasteiger partial charge in [0.15, 0.2) is 0 Å². The minimum absolute atomic E-state index is 0.669. The van der Waals surface area contributed by atoms with Gasteiger partial charge in [0.05, 0.1) is 12.2 Å². The zero-order valence-corrected chi connectivity index (χ0v) is 10.5. The molecular weight excluding hydrogens is 246 g/mol. The smallest absolute Gasteiger partial charge is 0.310 e. The van der Waals surface area contributed by atoms with Gasteiger partial charge in [0.2, 0.25) is 5.78 Å². The van der Waals surface area contributed by atoms with Crippen LogP contribution in [0.3, 0.4) is 0 Å². The highest BCUT2D eigenvalue weighted by molar-refractivity contribution is 7.54. The Morgan fingerprint density at radius 2 is 1.38 bits per heavy atom. The molecule has 0 saturated carbocycles. The number of nitrogens with two attached hydrogens (primary N) is 1. The molecule has 0 aliphatic heterocycles. The second-order valence-electron chi connectivity index (χ2n) is 3.83. The Kier molecular flexibility index (Phi) is 5.46. The lowest BCUT2D eigenvalue weighted by atomic mass is 10.5. The quantitative estimate of drug-likeness (QED) is 0.775. The average Bonchev–Trinajstić information content (AvgIpc) is 1.97. The Balaban J connectivity index is 5.00. The Morgan fingerprint density at radius 3 is 1.56 bits per heavy atom. The van der Waals surface area contributed by atoms with Gasteiger partial charge in [-0.25, -0.2) is 0 Å². The lowest BCUT2D eigenvalue weighted by Crippen LogP contribution is -2.39. The summed E-state index contributed by atoms with van der Waals surface area (Å²) >= 11 is 0. The summed E-state index contributed by atoms with van der Waals surface area (Å²) in [5.41, 5.74) is 4.89. The van der Waals surface area contributed by atoms with Crippen molar-refractivity contribution in [3.63, 3.8) is 0 Å². The molecule has 0 aliphatic carbocycles. The second kappa shape index (κ2) is 5.49. The van der Waals surface area contributed by atoms with Crippen LogP contribution in [0.5, 0.6) is 0 Å². The van der Waals surface area contributed by atoms with E-state index in [1.807, 2.05) is 0 Å². The molecule has 0 aromatic carbocycles. The van der Waals surface area contributed by atoms with Crippen molar-refractivity contribution in [3.05, 3.63) is 0 Å². The molecule has 4 nitrogen and oxygen atoms in total. The molecule has 0 fully saturated rings. The molecule has 0 aromatic rings. The first kappa shape index (κ1) is 15.9. The normalized spacial score (nSPS) is 15.9. The Bertz CT molecular complexity index is 254. The molecule has 0 spiro atoms. The van der Waals surface area contributed by atoms with E-state index >= 15 is 0 Å². The highest BCUT2D eigenvalue weighted by Gasteiger charge is 2.52. The van der Waals surface area contributed by atoms with Gasteiger partial charge in [-0.05, 0) is 27.7 Å². The lowest BCUT2D eigenvalue weighted by Gasteiger charge is -2.28. The third-order valence-electron chi connectivity index (χ3n) is 1.39. The van der Waals surface area contributed by atoms with Crippen LogP contribution in [0.1, 0.15) is 27.7 Å². The number of hydrogen-bond donors (Lipinski definition) is 1. The van der Waals surface area contributed by atoms with Crippen LogP contribution < -0.4 is 5.73 Å². The van der Waals surface area contributed by atoms with Crippen molar-refractivity contribution in [3.8, 4) is 0 Å². The van der Waals surface area contributed by atoms with E-state index in [2.05, 4.69) is 0 Å². The number of halogens is 3. The molecule has 0 heterocycles. The minimum atomic E-state index is -4.82. The molecule has 0 aromatic heterocycles. The fourth-order valence-corrected chi connectivity index (χ4v) is 2.77. The van der Waals surface area contributed by atoms with Crippen LogP contribution >= 0.6 is 7.60 Å². The summed E-state index contributed by atoms with van der Waals surface area (Å²) in [5, 5.41) is 0. The maximum absolute atomic E-state index is 12.4. The number of alkyl halides is 3. The van der Waals surface area contributed by atoms with Crippen molar-refractivity contribution in [1.29, 1.82) is 0 Å². The van der Waals surface area contributed by atoms with Crippen LogP contribution in [0.25, 0.3) is 0 Å². The van der Waals surface area contributed by atoms with E-state index in [0.29, 0.717) is 0 Å². The molecule has 0 saturated heterocycles. The molecule has 0 rings (SSSR count). The second-order valence-corrected chi connectivity index (χ2v) is 5.89. The van der Waals surface area contributed by atoms with Crippen LogP contribution in [0.2, 0.25) is 0 Å². The van der Waals surface area contributed by atoms with E-state index in [-0.39, 0.29) is 0 Å². The first-order chi connectivity index (χ1) is 6.99. The predicted octanol–water partition coefficient (Wildman–Crippen LogP) is 2.88. The fraction of sp³-hybridized carbons (Fsp3) is 1.00. The molecule has 16 heavy (non-hydrogen) atoms. The van der Waals surface area contributed by atoms with Crippen molar-refractivity contribution < 1.29 is 26.8 Å². The summed E-state index contributed by atoms with van der Waals surface area (Å²) in [4.78, 5) is 0. The highest BCUT2D eigenvalue weighted by atomic mass is 31.2. The molecular formula is C8H17F3NO3P. The van der Waals surface area contributed by atoms with E-state index < -0.39 is 31.8 Å². The van der Waals surface area contributed by atoms with Crippen LogP contribution in [0.15, 0.2) is 0 Å². The number of rotatable bonds is 5. The first-order valence-electron chi connectivity index (χ1n) is 4.78. The molecule has 0 radical (unpaired) electrons. The zero-order chi connectivity index (χ0) is 13.1. The molecule has 0 aliphatic rings. The van der Waals surface area contributed by atoms with Gasteiger partial charge in [-0.1, -0.05) is 0 Å². The van der Waals surface area contributed by atoms with Crippen molar-refractivity contribution in [1.82, 2.24) is 0 Å². The van der Waals surface area contributed by atoms with Gasteiger partial charge in [-0.15, -0.1) is 0 Å². The molecule has 0 bridgehead atoms. The summed E-state index contributed by atoms with van der Waals surface area (Å²) in [6.07, 6.45) is -6.16. The number of hydrogen-bond acceptors (Lipinski definition) is 4. The summed E-state index contributed by atoms with van der Waals surface area (Å²) in [6, 6.07) is 0. The molecule has 0 amide bonds. The van der Waals surface area contributed by atoms with Crippen LogP contribution in [-0.4, -0.2) is 24.2 Å². The summed E-state index contributed by atoms with van der Waals surface area (Å²) in [6.45, 7) is 5.83. The van der Waals surface area contributed by atoms with Gasteiger partial charge in [0, 0.05) is 0 Å². The van der Waals surface area contributed by atoms with Gasteiger partial charge >= 0.3 is 13.8 Å². The Labute approximate surface area is 92.8 Å². The van der Waals surface area contributed by atoms with Gasteiger partial charge in [-0.3, -0.25) is 4.57 Å².